The number of alkyl halides is 1. The Labute approximate surface area is 121 Å². The van der Waals surface area contributed by atoms with Crippen LogP contribution in [-0.4, -0.2) is 6.67 Å². The van der Waals surface area contributed by atoms with E-state index in [4.69, 9.17) is 5.26 Å². The van der Waals surface area contributed by atoms with Crippen molar-refractivity contribution in [1.29, 1.82) is 5.26 Å². The monoisotopic (exact) mass is 303 g/mol. The summed E-state index contributed by atoms with van der Waals surface area (Å²) in [7, 11) is 0. The Balaban J connectivity index is 0.000000219. The minimum atomic E-state index is -1.15. The Morgan fingerprint density at radius 2 is 1.71 bits per heavy atom. The normalized spacial score (nSPS) is 21.0. The van der Waals surface area contributed by atoms with Gasteiger partial charge in [-0.25, -0.2) is 8.78 Å². The molecule has 21 heavy (non-hydrogen) atoms. The highest BCUT2D eigenvalue weighted by Crippen LogP contribution is 2.28. The van der Waals surface area contributed by atoms with Crippen molar-refractivity contribution < 1.29 is 22.6 Å². The maximum absolute atomic E-state index is 12.6. The minimum absolute atomic E-state index is 0.0906. The van der Waals surface area contributed by atoms with Gasteiger partial charge in [-0.3, -0.25) is 9.33 Å². The van der Waals surface area contributed by atoms with Crippen LogP contribution in [0, 0.1) is 34.8 Å². The van der Waals surface area contributed by atoms with E-state index >= 15 is 0 Å². The topological polar surface area (TPSA) is 33.0 Å². The molecule has 1 saturated carbocycles. The number of hydrogen-bond acceptors (Lipinski definition) is 2. The zero-order chi connectivity index (χ0) is 15.8. The summed E-state index contributed by atoms with van der Waals surface area (Å²) in [5.74, 6) is -1.65. The molecule has 0 aromatic heterocycles. The van der Waals surface area contributed by atoms with Crippen LogP contribution in [0.3, 0.4) is 0 Å². The Bertz CT molecular complexity index is 470. The highest BCUT2D eigenvalue weighted by molar-refractivity contribution is 5.37. The summed E-state index contributed by atoms with van der Waals surface area (Å²) in [5.41, 5.74) is -0.754. The van der Waals surface area contributed by atoms with Crippen LogP contribution in [0.2, 0.25) is 0 Å². The van der Waals surface area contributed by atoms with Gasteiger partial charge in [0.15, 0.2) is 5.75 Å². The maximum Gasteiger partial charge on any atom is 0.177 e. The van der Waals surface area contributed by atoms with Gasteiger partial charge >= 0.3 is 0 Å². The first-order valence-electron chi connectivity index (χ1n) is 6.75. The summed E-state index contributed by atoms with van der Waals surface area (Å²) < 4.78 is 48.6. The molecule has 0 amide bonds. The van der Waals surface area contributed by atoms with E-state index in [0.29, 0.717) is 18.1 Å². The molecule has 2 nitrogen and oxygen atoms in total. The molecule has 1 aromatic rings. The van der Waals surface area contributed by atoms with Crippen LogP contribution in [0.25, 0.3) is 0 Å². The zero-order valence-electron chi connectivity index (χ0n) is 11.7. The third-order valence-corrected chi connectivity index (χ3v) is 3.57. The summed E-state index contributed by atoms with van der Waals surface area (Å²) in [4.78, 5) is 3.09. The molecule has 0 aliphatic heterocycles. The number of halogens is 4. The molecule has 2 rings (SSSR count). The smallest absolute Gasteiger partial charge is 0.177 e. The van der Waals surface area contributed by atoms with Gasteiger partial charge in [0.2, 0.25) is 0 Å². The number of hydrogen-bond donors (Lipinski definition) is 0. The van der Waals surface area contributed by atoms with Crippen LogP contribution in [0.15, 0.2) is 12.1 Å². The molecule has 0 unspecified atom stereocenters. The zero-order valence-corrected chi connectivity index (χ0v) is 11.7. The second kappa shape index (κ2) is 8.50. The highest BCUT2D eigenvalue weighted by atomic mass is 19.3. The van der Waals surface area contributed by atoms with Gasteiger partial charge in [-0.2, -0.15) is 5.26 Å². The molecule has 1 aromatic carbocycles. The van der Waals surface area contributed by atoms with Crippen LogP contribution in [0.5, 0.6) is 5.75 Å². The summed E-state index contributed by atoms with van der Waals surface area (Å²) >= 11 is 0. The van der Waals surface area contributed by atoms with Gasteiger partial charge in [0.05, 0.1) is 6.67 Å². The lowest BCUT2D eigenvalue weighted by Gasteiger charge is -2.23. The quantitative estimate of drug-likeness (QED) is 0.729. The van der Waals surface area contributed by atoms with E-state index < -0.39 is 22.9 Å². The molecule has 6 heteroatoms. The molecule has 116 valence electrons. The molecule has 1 fully saturated rings. The van der Waals surface area contributed by atoms with Crippen molar-refractivity contribution >= 4 is 0 Å². The number of nitriles is 1. The van der Waals surface area contributed by atoms with Crippen molar-refractivity contribution in [3.63, 3.8) is 0 Å². The fraction of sp³-hybridized carbons (Fsp3) is 0.533. The van der Waals surface area contributed by atoms with E-state index in [0.717, 1.165) is 18.8 Å². The molecular weight excluding hydrogens is 286 g/mol. The molecule has 0 radical (unpaired) electrons. The Kier molecular flexibility index (Phi) is 7.00. The van der Waals surface area contributed by atoms with Crippen LogP contribution < -0.4 is 4.94 Å². The minimum Gasteiger partial charge on any atom is -0.294 e. The second-order valence-electron chi connectivity index (χ2n) is 5.23. The summed E-state index contributed by atoms with van der Waals surface area (Å²) in [6.07, 6.45) is 4.73. The average Bonchev–Trinajstić information content (AvgIpc) is 2.48. The second-order valence-corrected chi connectivity index (χ2v) is 5.23. The molecular formula is C15H17F4NO. The molecule has 0 spiro atoms. The van der Waals surface area contributed by atoms with Gasteiger partial charge < -0.3 is 0 Å². The van der Waals surface area contributed by atoms with Crippen LogP contribution in [0.1, 0.15) is 38.2 Å². The van der Waals surface area contributed by atoms with E-state index in [1.54, 1.807) is 0 Å². The summed E-state index contributed by atoms with van der Waals surface area (Å²) in [6.45, 7) is 2.17. The van der Waals surface area contributed by atoms with Crippen molar-refractivity contribution in [2.75, 3.05) is 6.67 Å². The third kappa shape index (κ3) is 5.25. The number of rotatable bonds is 2. The van der Waals surface area contributed by atoms with Gasteiger partial charge in [0.1, 0.15) is 23.3 Å². The van der Waals surface area contributed by atoms with Gasteiger partial charge in [0, 0.05) is 16.7 Å². The van der Waals surface area contributed by atoms with Crippen molar-refractivity contribution in [3.05, 3.63) is 29.3 Å². The van der Waals surface area contributed by atoms with Crippen LogP contribution >= 0.6 is 0 Å². The van der Waals surface area contributed by atoms with Crippen molar-refractivity contribution in [2.24, 2.45) is 11.8 Å². The standard InChI is InChI=1S/C8H15F.C7H2F3NO/c1-7-2-4-8(6-9)5-3-7;8-6-1-4(12-10)2-7(9)5(6)3-11/h7-8H,2-6H2,1H3;1-2H. The first-order chi connectivity index (χ1) is 10.0. The van der Waals surface area contributed by atoms with E-state index in [-0.39, 0.29) is 6.67 Å². The highest BCUT2D eigenvalue weighted by Gasteiger charge is 2.17. The van der Waals surface area contributed by atoms with Crippen molar-refractivity contribution in [3.8, 4) is 11.8 Å². The Morgan fingerprint density at radius 3 is 2.10 bits per heavy atom. The first kappa shape index (κ1) is 17.3. The number of benzene rings is 1. The Morgan fingerprint density at radius 1 is 1.19 bits per heavy atom. The first-order valence-corrected chi connectivity index (χ1v) is 6.75. The van der Waals surface area contributed by atoms with Gasteiger partial charge in [-0.15, -0.1) is 0 Å². The fourth-order valence-electron chi connectivity index (χ4n) is 2.18. The maximum atomic E-state index is 12.6. The number of nitrogens with zero attached hydrogens (tertiary/aromatic N) is 1. The van der Waals surface area contributed by atoms with Gasteiger partial charge in [-0.05, 0) is 24.7 Å². The summed E-state index contributed by atoms with van der Waals surface area (Å²) in [5, 5.41) is 8.20. The molecule has 0 heterocycles. The lowest BCUT2D eigenvalue weighted by atomic mass is 9.84. The van der Waals surface area contributed by atoms with E-state index in [2.05, 4.69) is 11.9 Å². The van der Waals surface area contributed by atoms with Gasteiger partial charge in [0.25, 0.3) is 0 Å². The molecule has 0 N–H and O–H groups in total. The van der Waals surface area contributed by atoms with E-state index in [1.165, 1.54) is 18.9 Å². The van der Waals surface area contributed by atoms with Gasteiger partial charge in [-0.1, -0.05) is 19.8 Å². The molecule has 0 bridgehead atoms. The molecule has 0 saturated heterocycles. The van der Waals surface area contributed by atoms with Crippen LogP contribution in [0.4, 0.5) is 17.7 Å². The summed E-state index contributed by atoms with van der Waals surface area (Å²) in [6, 6.07) is 2.46. The van der Waals surface area contributed by atoms with Crippen molar-refractivity contribution in [1.82, 2.24) is 0 Å². The Hall–Kier alpha value is -1.77. The predicted octanol–water partition coefficient (Wildman–Crippen LogP) is 4.88. The fourth-order valence-corrected chi connectivity index (χ4v) is 2.18. The van der Waals surface area contributed by atoms with E-state index in [9.17, 15) is 17.7 Å². The molecule has 1 aliphatic carbocycles. The lowest BCUT2D eigenvalue weighted by Crippen LogP contribution is -2.13. The largest absolute Gasteiger partial charge is 0.294 e. The lowest BCUT2D eigenvalue weighted by molar-refractivity contribution is -0.00692. The predicted molar refractivity (Wildman–Crippen MR) is 69.9 cm³/mol. The molecule has 1 aliphatic rings. The van der Waals surface area contributed by atoms with Crippen molar-refractivity contribution in [2.45, 2.75) is 32.6 Å². The average molecular weight is 303 g/mol. The van der Waals surface area contributed by atoms with Crippen LogP contribution in [-0.2, 0) is 0 Å². The SMILES string of the molecule is CC1CCC(CF)CC1.N#Cc1c(F)cc(OF)cc1F. The molecule has 0 atom stereocenters. The third-order valence-electron chi connectivity index (χ3n) is 3.57. The van der Waals surface area contributed by atoms with E-state index in [1.807, 2.05) is 0 Å².